The van der Waals surface area contributed by atoms with Crippen LogP contribution in [0.3, 0.4) is 0 Å². The summed E-state index contributed by atoms with van der Waals surface area (Å²) in [7, 11) is -1.32. The van der Waals surface area contributed by atoms with E-state index in [1.165, 1.54) is 0 Å². The van der Waals surface area contributed by atoms with E-state index in [4.69, 9.17) is 5.73 Å². The molecule has 0 saturated heterocycles. The van der Waals surface area contributed by atoms with E-state index in [1.807, 2.05) is 30.3 Å². The van der Waals surface area contributed by atoms with Crippen molar-refractivity contribution in [2.45, 2.75) is 0 Å². The van der Waals surface area contributed by atoms with Crippen LogP contribution in [0.1, 0.15) is 5.56 Å². The zero-order chi connectivity index (χ0) is 9.26. The van der Waals surface area contributed by atoms with E-state index < -0.39 is 11.0 Å². The molecule has 0 aromatic heterocycles. The Kier molecular flexibility index (Phi) is 1.98. The van der Waals surface area contributed by atoms with E-state index in [2.05, 4.69) is 4.40 Å². The quantitative estimate of drug-likeness (QED) is 0.723. The predicted octanol–water partition coefficient (Wildman–Crippen LogP) is 1.06. The second kappa shape index (κ2) is 3.14. The average Bonchev–Trinajstić information content (AvgIpc) is 2.47. The van der Waals surface area contributed by atoms with Crippen LogP contribution in [-0.4, -0.2) is 10.0 Å². The highest BCUT2D eigenvalue weighted by atomic mass is 32.2. The smallest absolute Gasteiger partial charge is 0.175 e. The Morgan fingerprint density at radius 2 is 1.92 bits per heavy atom. The summed E-state index contributed by atoms with van der Waals surface area (Å²) in [4.78, 5) is 0.679. The molecule has 13 heavy (non-hydrogen) atoms. The molecule has 1 unspecified atom stereocenters. The van der Waals surface area contributed by atoms with Crippen molar-refractivity contribution < 1.29 is 4.21 Å². The van der Waals surface area contributed by atoms with E-state index in [0.29, 0.717) is 10.7 Å². The Morgan fingerprint density at radius 1 is 1.23 bits per heavy atom. The van der Waals surface area contributed by atoms with Gasteiger partial charge in [-0.05, 0) is 11.6 Å². The number of nitrogens with two attached hydrogens (primary N) is 1. The summed E-state index contributed by atoms with van der Waals surface area (Å²) in [5.74, 6) is 0.331. The molecule has 1 atom stereocenters. The molecule has 3 nitrogen and oxygen atoms in total. The second-order valence-electron chi connectivity index (χ2n) is 2.64. The van der Waals surface area contributed by atoms with Crippen LogP contribution in [0, 0.1) is 0 Å². The first-order valence-electron chi connectivity index (χ1n) is 3.80. The maximum Gasteiger partial charge on any atom is 0.175 e. The van der Waals surface area contributed by atoms with E-state index in [-0.39, 0.29) is 0 Å². The summed E-state index contributed by atoms with van der Waals surface area (Å²) in [5.41, 5.74) is 6.34. The fourth-order valence-corrected chi connectivity index (χ4v) is 2.04. The summed E-state index contributed by atoms with van der Waals surface area (Å²) in [6.07, 6.45) is 1.64. The van der Waals surface area contributed by atoms with Gasteiger partial charge in [0.1, 0.15) is 5.84 Å². The topological polar surface area (TPSA) is 55.4 Å². The number of benzene rings is 1. The molecule has 4 heteroatoms. The molecular weight excluding hydrogens is 184 g/mol. The standard InChI is InChI=1S/C9H8N2OS/c10-9-6-8(13(12)11-9)7-4-2-1-3-5-7/h1-6H,(H2,10,11). The summed E-state index contributed by atoms with van der Waals surface area (Å²) in [6, 6.07) is 9.46. The number of hydrogen-bond acceptors (Lipinski definition) is 2. The summed E-state index contributed by atoms with van der Waals surface area (Å²) in [5, 5.41) is 0. The average molecular weight is 192 g/mol. The largest absolute Gasteiger partial charge is 0.383 e. The molecule has 1 aliphatic rings. The lowest BCUT2D eigenvalue weighted by Gasteiger charge is -1.97. The fraction of sp³-hybridized carbons (Fsp3) is 0. The number of hydrogen-bond donors (Lipinski definition) is 1. The zero-order valence-corrected chi connectivity index (χ0v) is 7.62. The molecule has 1 aromatic carbocycles. The third-order valence-electron chi connectivity index (χ3n) is 1.71. The minimum absolute atomic E-state index is 0.331. The molecule has 0 amide bonds. The van der Waals surface area contributed by atoms with E-state index >= 15 is 0 Å². The molecule has 0 radical (unpaired) electrons. The molecule has 0 saturated carbocycles. The SMILES string of the molecule is NC1=NS(=O)C(c2ccccc2)=C1. The van der Waals surface area contributed by atoms with Crippen molar-refractivity contribution in [3.05, 3.63) is 42.0 Å². The second-order valence-corrected chi connectivity index (χ2v) is 3.76. The van der Waals surface area contributed by atoms with Crippen molar-refractivity contribution in [2.24, 2.45) is 10.1 Å². The maximum atomic E-state index is 11.4. The van der Waals surface area contributed by atoms with Gasteiger partial charge in [-0.3, -0.25) is 0 Å². The van der Waals surface area contributed by atoms with Gasteiger partial charge in [-0.15, -0.1) is 0 Å². The zero-order valence-electron chi connectivity index (χ0n) is 6.81. The Labute approximate surface area is 78.6 Å². The van der Waals surface area contributed by atoms with Crippen LogP contribution in [0.2, 0.25) is 0 Å². The predicted molar refractivity (Wildman–Crippen MR) is 54.2 cm³/mol. The molecule has 2 N–H and O–H groups in total. The van der Waals surface area contributed by atoms with Gasteiger partial charge in [-0.2, -0.15) is 4.40 Å². The lowest BCUT2D eigenvalue weighted by Crippen LogP contribution is -2.03. The molecule has 0 spiro atoms. The Morgan fingerprint density at radius 3 is 2.46 bits per heavy atom. The van der Waals surface area contributed by atoms with Crippen molar-refractivity contribution in [1.82, 2.24) is 0 Å². The van der Waals surface area contributed by atoms with Crippen LogP contribution < -0.4 is 5.73 Å². The lowest BCUT2D eigenvalue weighted by atomic mass is 10.2. The van der Waals surface area contributed by atoms with Gasteiger partial charge in [0.2, 0.25) is 0 Å². The van der Waals surface area contributed by atoms with Gasteiger partial charge in [0.15, 0.2) is 11.0 Å². The molecule has 1 aliphatic heterocycles. The minimum Gasteiger partial charge on any atom is -0.383 e. The van der Waals surface area contributed by atoms with Crippen molar-refractivity contribution in [3.8, 4) is 0 Å². The van der Waals surface area contributed by atoms with Crippen LogP contribution in [0.4, 0.5) is 0 Å². The summed E-state index contributed by atoms with van der Waals surface area (Å²) in [6.45, 7) is 0. The monoisotopic (exact) mass is 192 g/mol. The normalized spacial score (nSPS) is 21.1. The van der Waals surface area contributed by atoms with Gasteiger partial charge >= 0.3 is 0 Å². The third-order valence-corrected chi connectivity index (χ3v) is 2.82. The Bertz CT molecular complexity index is 409. The van der Waals surface area contributed by atoms with Gasteiger partial charge in [0.25, 0.3) is 0 Å². The highest BCUT2D eigenvalue weighted by molar-refractivity contribution is 7.94. The first-order valence-corrected chi connectivity index (χ1v) is 4.91. The van der Waals surface area contributed by atoms with Crippen LogP contribution in [0.15, 0.2) is 40.8 Å². The van der Waals surface area contributed by atoms with Crippen molar-refractivity contribution in [1.29, 1.82) is 0 Å². The third kappa shape index (κ3) is 1.53. The van der Waals surface area contributed by atoms with E-state index in [1.54, 1.807) is 6.08 Å². The Balaban J connectivity index is 2.41. The highest BCUT2D eigenvalue weighted by Gasteiger charge is 2.15. The Hall–Kier alpha value is -1.42. The molecule has 66 valence electrons. The van der Waals surface area contributed by atoms with E-state index in [0.717, 1.165) is 5.56 Å². The van der Waals surface area contributed by atoms with Gasteiger partial charge < -0.3 is 5.73 Å². The van der Waals surface area contributed by atoms with Crippen LogP contribution in [0.5, 0.6) is 0 Å². The lowest BCUT2D eigenvalue weighted by molar-refractivity contribution is 0.690. The van der Waals surface area contributed by atoms with Crippen LogP contribution >= 0.6 is 0 Å². The minimum atomic E-state index is -1.32. The highest BCUT2D eigenvalue weighted by Crippen LogP contribution is 2.22. The first-order chi connectivity index (χ1) is 6.27. The molecule has 0 aliphatic carbocycles. The van der Waals surface area contributed by atoms with Gasteiger partial charge in [0.05, 0.1) is 4.91 Å². The molecule has 1 heterocycles. The summed E-state index contributed by atoms with van der Waals surface area (Å²) < 4.78 is 15.1. The maximum absolute atomic E-state index is 11.4. The van der Waals surface area contributed by atoms with Crippen molar-refractivity contribution in [2.75, 3.05) is 0 Å². The molecule has 1 aromatic rings. The van der Waals surface area contributed by atoms with Gasteiger partial charge in [0, 0.05) is 0 Å². The molecule has 0 fully saturated rings. The van der Waals surface area contributed by atoms with Gasteiger partial charge in [-0.25, -0.2) is 4.21 Å². The first kappa shape index (κ1) is 8.19. The van der Waals surface area contributed by atoms with Crippen molar-refractivity contribution >= 4 is 21.7 Å². The molecule has 2 rings (SSSR count). The van der Waals surface area contributed by atoms with Crippen molar-refractivity contribution in [3.63, 3.8) is 0 Å². The number of amidine groups is 1. The fourth-order valence-electron chi connectivity index (χ4n) is 1.14. The van der Waals surface area contributed by atoms with Crippen LogP contribution in [0.25, 0.3) is 4.91 Å². The number of nitrogens with zero attached hydrogens (tertiary/aromatic N) is 1. The number of rotatable bonds is 1. The van der Waals surface area contributed by atoms with Crippen LogP contribution in [-0.2, 0) is 11.0 Å². The molecule has 0 bridgehead atoms. The molecular formula is C9H8N2OS. The van der Waals surface area contributed by atoms with E-state index in [9.17, 15) is 4.21 Å². The van der Waals surface area contributed by atoms with Gasteiger partial charge in [-0.1, -0.05) is 30.3 Å². The summed E-state index contributed by atoms with van der Waals surface area (Å²) >= 11 is 0.